The van der Waals surface area contributed by atoms with Crippen molar-refractivity contribution in [2.24, 2.45) is 5.92 Å². The van der Waals surface area contributed by atoms with Crippen LogP contribution in [0.15, 0.2) is 18.2 Å². The molecule has 0 radical (unpaired) electrons. The van der Waals surface area contributed by atoms with Crippen LogP contribution in [0.5, 0.6) is 5.75 Å². The molecule has 4 aliphatic rings. The number of amides is 2. The molecule has 8 heteroatoms. The molecule has 0 spiro atoms. The molecule has 5 rings (SSSR count). The highest BCUT2D eigenvalue weighted by molar-refractivity contribution is 5.93. The van der Waals surface area contributed by atoms with Crippen molar-refractivity contribution in [2.45, 2.75) is 56.3 Å². The first-order valence-electron chi connectivity index (χ1n) is 11.4. The van der Waals surface area contributed by atoms with Crippen LogP contribution in [-0.2, 0) is 19.1 Å². The second-order valence-corrected chi connectivity index (χ2v) is 8.97. The zero-order valence-electron chi connectivity index (χ0n) is 17.6. The minimum absolute atomic E-state index is 0.0175. The number of nitrogens with zero attached hydrogens (tertiary/aromatic N) is 1. The number of fused-ring (bicyclic) bond motifs is 3. The van der Waals surface area contributed by atoms with Gasteiger partial charge in [-0.15, -0.1) is 0 Å². The summed E-state index contributed by atoms with van der Waals surface area (Å²) in [6.45, 7) is 2.19. The average Bonchev–Trinajstić information content (AvgIpc) is 3.10. The van der Waals surface area contributed by atoms with Gasteiger partial charge >= 0.3 is 0 Å². The number of aliphatic hydroxyl groups excluding tert-OH is 1. The molecule has 0 bridgehead atoms. The van der Waals surface area contributed by atoms with Gasteiger partial charge in [-0.3, -0.25) is 9.59 Å². The molecule has 4 atom stereocenters. The fourth-order valence-electron chi connectivity index (χ4n) is 5.02. The molecule has 2 amide bonds. The zero-order chi connectivity index (χ0) is 21.4. The highest BCUT2D eigenvalue weighted by Gasteiger charge is 2.46. The molecular formula is C23H30N2O6. The number of morpholine rings is 1. The summed E-state index contributed by atoms with van der Waals surface area (Å²) in [7, 11) is 0. The van der Waals surface area contributed by atoms with Crippen LogP contribution in [0.1, 0.15) is 43.6 Å². The molecule has 168 valence electrons. The first kappa shape index (κ1) is 20.7. The van der Waals surface area contributed by atoms with E-state index in [1.807, 2.05) is 23.1 Å². The summed E-state index contributed by atoms with van der Waals surface area (Å²) in [5.41, 5.74) is 1.79. The standard InChI is InChI=1S/C23H30N2O6/c26-13-20-22-18(11-16(30-20)12-21(27)25-6-8-29-9-7-25)17-10-15(4-5-19(17)31-22)24-23(28)14-2-1-3-14/h4-5,10,14,16,18,20,22,26H,1-3,6-9,11-13H2,(H,24,28)/t16-,18-,20-,22+/m0/s1. The predicted molar refractivity (Wildman–Crippen MR) is 112 cm³/mol. The van der Waals surface area contributed by atoms with Crippen molar-refractivity contribution in [3.05, 3.63) is 23.8 Å². The van der Waals surface area contributed by atoms with Crippen molar-refractivity contribution < 1.29 is 28.9 Å². The van der Waals surface area contributed by atoms with Crippen LogP contribution in [0.25, 0.3) is 0 Å². The number of rotatable bonds is 5. The van der Waals surface area contributed by atoms with Gasteiger partial charge < -0.3 is 29.5 Å². The second kappa shape index (κ2) is 8.76. The Morgan fingerprint density at radius 2 is 2.00 bits per heavy atom. The van der Waals surface area contributed by atoms with E-state index in [4.69, 9.17) is 14.2 Å². The lowest BCUT2D eigenvalue weighted by Gasteiger charge is -2.38. The van der Waals surface area contributed by atoms with Crippen molar-refractivity contribution in [1.82, 2.24) is 4.90 Å². The molecule has 2 saturated heterocycles. The molecule has 2 N–H and O–H groups in total. The molecular weight excluding hydrogens is 400 g/mol. The predicted octanol–water partition coefficient (Wildman–Crippen LogP) is 1.67. The number of aliphatic hydroxyl groups is 1. The summed E-state index contributed by atoms with van der Waals surface area (Å²) in [5.74, 6) is 1.04. The number of hydrogen-bond donors (Lipinski definition) is 2. The number of benzene rings is 1. The molecule has 3 aliphatic heterocycles. The van der Waals surface area contributed by atoms with E-state index in [-0.39, 0.29) is 48.9 Å². The van der Waals surface area contributed by atoms with Gasteiger partial charge in [0.2, 0.25) is 11.8 Å². The van der Waals surface area contributed by atoms with Crippen LogP contribution in [0.2, 0.25) is 0 Å². The van der Waals surface area contributed by atoms with Gasteiger partial charge in [0.05, 0.1) is 32.3 Å². The molecule has 1 aliphatic carbocycles. The number of anilines is 1. The normalized spacial score (nSPS) is 30.0. The lowest BCUT2D eigenvalue weighted by Crippen LogP contribution is -2.48. The van der Waals surface area contributed by atoms with Gasteiger partial charge in [-0.05, 0) is 37.5 Å². The van der Waals surface area contributed by atoms with Crippen LogP contribution in [0.4, 0.5) is 5.69 Å². The van der Waals surface area contributed by atoms with Gasteiger partial charge in [0.25, 0.3) is 0 Å². The third-order valence-corrected chi connectivity index (χ3v) is 7.01. The number of carbonyl (C=O) groups is 2. The van der Waals surface area contributed by atoms with E-state index in [2.05, 4.69) is 5.32 Å². The Balaban J connectivity index is 1.29. The van der Waals surface area contributed by atoms with Gasteiger partial charge in [0.15, 0.2) is 0 Å². The monoisotopic (exact) mass is 430 g/mol. The lowest BCUT2D eigenvalue weighted by atomic mass is 9.83. The third kappa shape index (κ3) is 4.16. The van der Waals surface area contributed by atoms with Gasteiger partial charge in [-0.2, -0.15) is 0 Å². The minimum Gasteiger partial charge on any atom is -0.487 e. The topological polar surface area (TPSA) is 97.3 Å². The van der Waals surface area contributed by atoms with Crippen LogP contribution in [-0.4, -0.2) is 73.0 Å². The molecule has 31 heavy (non-hydrogen) atoms. The quantitative estimate of drug-likeness (QED) is 0.738. The molecule has 3 fully saturated rings. The maximum Gasteiger partial charge on any atom is 0.227 e. The van der Waals surface area contributed by atoms with Crippen molar-refractivity contribution in [1.29, 1.82) is 0 Å². The number of ether oxygens (including phenoxy) is 3. The van der Waals surface area contributed by atoms with Crippen molar-refractivity contribution in [3.63, 3.8) is 0 Å². The van der Waals surface area contributed by atoms with E-state index in [0.717, 1.165) is 36.3 Å². The maximum atomic E-state index is 12.7. The third-order valence-electron chi connectivity index (χ3n) is 7.01. The number of carbonyl (C=O) groups excluding carboxylic acids is 2. The SMILES string of the molecule is O=C(Nc1ccc2c(c1)[C@@H]1C[C@@H](CC(=O)N3CCOCC3)O[C@@H](CO)[C@@H]1O2)C1CCC1. The fraction of sp³-hybridized carbons (Fsp3) is 0.652. The Hall–Kier alpha value is -2.16. The smallest absolute Gasteiger partial charge is 0.227 e. The number of hydrogen-bond acceptors (Lipinski definition) is 6. The van der Waals surface area contributed by atoms with E-state index < -0.39 is 6.10 Å². The first-order valence-corrected chi connectivity index (χ1v) is 11.4. The van der Waals surface area contributed by atoms with Gasteiger partial charge in [-0.1, -0.05) is 6.42 Å². The summed E-state index contributed by atoms with van der Waals surface area (Å²) in [5, 5.41) is 12.9. The maximum absolute atomic E-state index is 12.7. The van der Waals surface area contributed by atoms with Crippen LogP contribution in [0.3, 0.4) is 0 Å². The van der Waals surface area contributed by atoms with Crippen molar-refractivity contribution in [3.8, 4) is 5.75 Å². The van der Waals surface area contributed by atoms with Crippen molar-refractivity contribution in [2.75, 3.05) is 38.2 Å². The van der Waals surface area contributed by atoms with E-state index in [9.17, 15) is 14.7 Å². The molecule has 0 aromatic heterocycles. The lowest BCUT2D eigenvalue weighted by molar-refractivity contribution is -0.151. The van der Waals surface area contributed by atoms with Gasteiger partial charge in [0.1, 0.15) is 18.0 Å². The molecule has 1 aromatic carbocycles. The van der Waals surface area contributed by atoms with Crippen molar-refractivity contribution >= 4 is 17.5 Å². The van der Waals surface area contributed by atoms with E-state index in [0.29, 0.717) is 32.7 Å². The Labute approximate surface area is 181 Å². The Bertz CT molecular complexity index is 835. The molecule has 3 heterocycles. The average molecular weight is 431 g/mol. The highest BCUT2D eigenvalue weighted by atomic mass is 16.6. The summed E-state index contributed by atoms with van der Waals surface area (Å²) < 4.78 is 17.5. The molecule has 8 nitrogen and oxygen atoms in total. The Morgan fingerprint density at radius 1 is 1.19 bits per heavy atom. The Morgan fingerprint density at radius 3 is 2.71 bits per heavy atom. The Kier molecular flexibility index (Phi) is 5.86. The highest BCUT2D eigenvalue weighted by Crippen LogP contribution is 2.47. The van der Waals surface area contributed by atoms with Crippen LogP contribution < -0.4 is 10.1 Å². The molecule has 0 unspecified atom stereocenters. The summed E-state index contributed by atoms with van der Waals surface area (Å²) in [4.78, 5) is 26.9. The van der Waals surface area contributed by atoms with E-state index >= 15 is 0 Å². The molecule has 1 saturated carbocycles. The van der Waals surface area contributed by atoms with Gasteiger partial charge in [-0.25, -0.2) is 0 Å². The largest absolute Gasteiger partial charge is 0.487 e. The van der Waals surface area contributed by atoms with Gasteiger partial charge in [0, 0.05) is 36.2 Å². The first-order chi connectivity index (χ1) is 15.1. The zero-order valence-corrected chi connectivity index (χ0v) is 17.6. The molecule has 1 aromatic rings. The van der Waals surface area contributed by atoms with Crippen LogP contribution in [0, 0.1) is 5.92 Å². The number of nitrogens with one attached hydrogen (secondary N) is 1. The summed E-state index contributed by atoms with van der Waals surface area (Å²) >= 11 is 0. The van der Waals surface area contributed by atoms with E-state index in [1.54, 1.807) is 0 Å². The summed E-state index contributed by atoms with van der Waals surface area (Å²) in [6, 6.07) is 5.73. The second-order valence-electron chi connectivity index (χ2n) is 8.97. The summed E-state index contributed by atoms with van der Waals surface area (Å²) in [6.07, 6.45) is 2.91. The fourth-order valence-corrected chi connectivity index (χ4v) is 5.02. The van der Waals surface area contributed by atoms with E-state index in [1.165, 1.54) is 0 Å². The van der Waals surface area contributed by atoms with Crippen LogP contribution >= 0.6 is 0 Å². The minimum atomic E-state index is -0.485.